The van der Waals surface area contributed by atoms with E-state index in [4.69, 9.17) is 19.4 Å². The summed E-state index contributed by atoms with van der Waals surface area (Å²) in [6.45, 7) is 4.02. The molecular formula is C24H27FN6O3. The minimum Gasteiger partial charge on any atom is -0.359 e. The molecule has 2 saturated heterocycles. The maximum Gasteiger partial charge on any atom is 0.230 e. The zero-order valence-corrected chi connectivity index (χ0v) is 19.2. The fourth-order valence-corrected chi connectivity index (χ4v) is 4.26. The van der Waals surface area contributed by atoms with Gasteiger partial charge in [-0.15, -0.1) is 0 Å². The largest absolute Gasteiger partial charge is 0.359 e. The van der Waals surface area contributed by atoms with E-state index in [2.05, 4.69) is 20.2 Å². The summed E-state index contributed by atoms with van der Waals surface area (Å²) in [5.74, 6) is 0.651. The molecule has 2 fully saturated rings. The van der Waals surface area contributed by atoms with Gasteiger partial charge < -0.3 is 24.7 Å². The lowest BCUT2D eigenvalue weighted by Crippen LogP contribution is -2.47. The number of benzene rings is 1. The highest BCUT2D eigenvalue weighted by Crippen LogP contribution is 2.35. The fraction of sp³-hybridized carbons (Fsp3) is 0.417. The molecule has 178 valence electrons. The van der Waals surface area contributed by atoms with Crippen molar-refractivity contribution in [1.82, 2.24) is 25.3 Å². The molecule has 0 unspecified atom stereocenters. The number of nitrogens with one attached hydrogen (secondary N) is 2. The van der Waals surface area contributed by atoms with Crippen LogP contribution in [0.1, 0.15) is 31.9 Å². The van der Waals surface area contributed by atoms with Gasteiger partial charge in [-0.05, 0) is 50.1 Å². The number of imidazole rings is 1. The summed E-state index contributed by atoms with van der Waals surface area (Å²) >= 11 is 0. The molecule has 0 aliphatic carbocycles. The van der Waals surface area contributed by atoms with Crippen LogP contribution in [0.2, 0.25) is 0 Å². The summed E-state index contributed by atoms with van der Waals surface area (Å²) in [5.41, 5.74) is 1.88. The van der Waals surface area contributed by atoms with Crippen LogP contribution in [-0.2, 0) is 14.3 Å². The Bertz CT molecular complexity index is 1170. The van der Waals surface area contributed by atoms with Crippen LogP contribution in [0.4, 0.5) is 10.3 Å². The fourth-order valence-electron chi connectivity index (χ4n) is 4.26. The predicted octanol–water partition coefficient (Wildman–Crippen LogP) is 3.07. The number of anilines is 1. The molecule has 2 aliphatic heterocycles. The molecule has 2 aromatic heterocycles. The lowest BCUT2D eigenvalue weighted by Gasteiger charge is -2.34. The van der Waals surface area contributed by atoms with E-state index < -0.39 is 11.7 Å². The lowest BCUT2D eigenvalue weighted by molar-refractivity contribution is -0.230. The van der Waals surface area contributed by atoms with E-state index in [1.165, 1.54) is 12.1 Å². The van der Waals surface area contributed by atoms with Crippen molar-refractivity contribution in [3.05, 3.63) is 48.2 Å². The van der Waals surface area contributed by atoms with Gasteiger partial charge in [0.1, 0.15) is 5.82 Å². The monoisotopic (exact) mass is 466 g/mol. The third-order valence-corrected chi connectivity index (χ3v) is 6.23. The van der Waals surface area contributed by atoms with Crippen LogP contribution in [0.15, 0.2) is 36.5 Å². The van der Waals surface area contributed by atoms with Crippen LogP contribution >= 0.6 is 0 Å². The molecule has 0 atom stereocenters. The van der Waals surface area contributed by atoms with Gasteiger partial charge in [-0.3, -0.25) is 4.79 Å². The second-order valence-electron chi connectivity index (χ2n) is 8.88. The van der Waals surface area contributed by atoms with Gasteiger partial charge in [0, 0.05) is 31.9 Å². The predicted molar refractivity (Wildman–Crippen MR) is 123 cm³/mol. The zero-order chi connectivity index (χ0) is 23.7. The van der Waals surface area contributed by atoms with Gasteiger partial charge in [0.2, 0.25) is 18.1 Å². The molecule has 34 heavy (non-hydrogen) atoms. The number of rotatable bonds is 5. The molecule has 2 aliphatic rings. The first-order chi connectivity index (χ1) is 16.5. The quantitative estimate of drug-likeness (QED) is 0.595. The Hall–Kier alpha value is -3.37. The van der Waals surface area contributed by atoms with Crippen molar-refractivity contribution in [3.8, 4) is 22.6 Å². The van der Waals surface area contributed by atoms with Crippen molar-refractivity contribution in [2.45, 2.75) is 26.1 Å². The number of aromatic amines is 1. The summed E-state index contributed by atoms with van der Waals surface area (Å²) in [6.07, 6.45) is 3.19. The Morgan fingerprint density at radius 3 is 2.53 bits per heavy atom. The molecule has 5 rings (SSSR count). The van der Waals surface area contributed by atoms with E-state index >= 15 is 0 Å². The van der Waals surface area contributed by atoms with E-state index in [0.29, 0.717) is 28.9 Å². The Balaban J connectivity index is 1.50. The van der Waals surface area contributed by atoms with Crippen LogP contribution in [0.3, 0.4) is 0 Å². The normalized spacial score (nSPS) is 22.7. The second kappa shape index (κ2) is 9.11. The number of halogens is 1. The number of carbonyl (C=O) groups excluding carboxylic acids is 1. The Morgan fingerprint density at radius 2 is 1.85 bits per heavy atom. The Morgan fingerprint density at radius 1 is 1.15 bits per heavy atom. The highest BCUT2D eigenvalue weighted by atomic mass is 19.1. The summed E-state index contributed by atoms with van der Waals surface area (Å²) < 4.78 is 25.4. The number of aromatic nitrogens is 4. The number of amides is 1. The van der Waals surface area contributed by atoms with E-state index in [1.807, 2.05) is 6.07 Å². The van der Waals surface area contributed by atoms with E-state index in [0.717, 1.165) is 31.5 Å². The van der Waals surface area contributed by atoms with Crippen molar-refractivity contribution in [3.63, 3.8) is 0 Å². The van der Waals surface area contributed by atoms with Gasteiger partial charge in [-0.1, -0.05) is 0 Å². The van der Waals surface area contributed by atoms with E-state index in [1.54, 1.807) is 32.3 Å². The molecule has 0 saturated carbocycles. The average molecular weight is 467 g/mol. The lowest BCUT2D eigenvalue weighted by atomic mass is 9.91. The Labute approximate surface area is 196 Å². The van der Waals surface area contributed by atoms with Gasteiger partial charge in [-0.25, -0.2) is 19.3 Å². The molecule has 1 aromatic carbocycles. The number of nitrogens with zero attached hydrogens (tertiary/aromatic N) is 4. The van der Waals surface area contributed by atoms with Crippen molar-refractivity contribution >= 4 is 11.9 Å². The number of H-pyrrole nitrogens is 1. The van der Waals surface area contributed by atoms with Gasteiger partial charge >= 0.3 is 0 Å². The van der Waals surface area contributed by atoms with Crippen LogP contribution in [0.5, 0.6) is 0 Å². The molecule has 1 amide bonds. The number of ether oxygens (including phenoxy) is 2. The molecule has 10 heteroatoms. The van der Waals surface area contributed by atoms with Crippen molar-refractivity contribution in [2.75, 3.05) is 38.3 Å². The molecule has 2 N–H and O–H groups in total. The molecule has 0 spiro atoms. The topological polar surface area (TPSA) is 105 Å². The summed E-state index contributed by atoms with van der Waals surface area (Å²) in [7, 11) is 1.59. The first kappa shape index (κ1) is 22.4. The molecule has 9 nitrogen and oxygen atoms in total. The molecule has 4 heterocycles. The average Bonchev–Trinajstić information content (AvgIpc) is 3.55. The number of carbonyl (C=O) groups is 1. The van der Waals surface area contributed by atoms with Crippen molar-refractivity contribution in [2.24, 2.45) is 5.41 Å². The van der Waals surface area contributed by atoms with E-state index in [-0.39, 0.29) is 24.9 Å². The van der Waals surface area contributed by atoms with Gasteiger partial charge in [0.05, 0.1) is 35.7 Å². The first-order valence-electron chi connectivity index (χ1n) is 11.4. The van der Waals surface area contributed by atoms with Gasteiger partial charge in [0.15, 0.2) is 5.82 Å². The summed E-state index contributed by atoms with van der Waals surface area (Å²) in [5, 5.41) is 2.65. The molecule has 0 radical (unpaired) electrons. The van der Waals surface area contributed by atoms with Crippen LogP contribution in [0, 0.1) is 11.2 Å². The maximum absolute atomic E-state index is 13.6. The minimum absolute atomic E-state index is 0.145. The van der Waals surface area contributed by atoms with Gasteiger partial charge in [-0.2, -0.15) is 0 Å². The third-order valence-electron chi connectivity index (χ3n) is 6.23. The Kier molecular flexibility index (Phi) is 6.01. The highest BCUT2D eigenvalue weighted by molar-refractivity contribution is 5.82. The van der Waals surface area contributed by atoms with Crippen LogP contribution in [-0.4, -0.2) is 59.2 Å². The van der Waals surface area contributed by atoms with Gasteiger partial charge in [0.25, 0.3) is 0 Å². The summed E-state index contributed by atoms with van der Waals surface area (Å²) in [6, 6.07) is 7.95. The summed E-state index contributed by atoms with van der Waals surface area (Å²) in [4.78, 5) is 31.6. The first-order valence-corrected chi connectivity index (χ1v) is 11.4. The number of hydrogen-bond acceptors (Lipinski definition) is 7. The molecular weight excluding hydrogens is 439 g/mol. The molecule has 3 aromatic rings. The maximum atomic E-state index is 13.6. The smallest absolute Gasteiger partial charge is 0.230 e. The van der Waals surface area contributed by atoms with E-state index in [9.17, 15) is 9.18 Å². The standard InChI is InChI=1S/C24H27FN6O3/c1-24(22(32)26-2)13-33-21(34-14-24)20-29-18(15-5-7-16(25)8-6-15)19(30-20)17-9-10-27-23(28-17)31-11-3-4-12-31/h5-10,21H,3-4,11-14H2,1-2H3,(H,26,32)(H,29,30). The number of hydrogen-bond donors (Lipinski definition) is 2. The minimum atomic E-state index is -0.780. The molecule has 0 bridgehead atoms. The zero-order valence-electron chi connectivity index (χ0n) is 19.2. The SMILES string of the molecule is CNC(=O)C1(C)COC(c2nc(-c3ccc(F)cc3)c(-c3ccnc(N4CCCC4)n3)[nH]2)OC1. The van der Waals surface area contributed by atoms with Crippen molar-refractivity contribution < 1.29 is 18.7 Å². The third kappa shape index (κ3) is 4.26. The van der Waals surface area contributed by atoms with Crippen LogP contribution in [0.25, 0.3) is 22.6 Å². The second-order valence-corrected chi connectivity index (χ2v) is 8.88. The van der Waals surface area contributed by atoms with Crippen molar-refractivity contribution in [1.29, 1.82) is 0 Å². The highest BCUT2D eigenvalue weighted by Gasteiger charge is 2.40. The van der Waals surface area contributed by atoms with Crippen LogP contribution < -0.4 is 10.2 Å².